The third kappa shape index (κ3) is 2.09. The quantitative estimate of drug-likeness (QED) is 0.787. The lowest BCUT2D eigenvalue weighted by molar-refractivity contribution is 0.101. The Morgan fingerprint density at radius 3 is 2.84 bits per heavy atom. The lowest BCUT2D eigenvalue weighted by Crippen LogP contribution is -2.17. The van der Waals surface area contributed by atoms with Gasteiger partial charge in [-0.1, -0.05) is 0 Å². The molecular formula is C13H17N5O. The van der Waals surface area contributed by atoms with Gasteiger partial charge in [-0.15, -0.1) is 0 Å². The van der Waals surface area contributed by atoms with Crippen molar-refractivity contribution in [1.29, 1.82) is 0 Å². The zero-order valence-electron chi connectivity index (χ0n) is 11.0. The molecular weight excluding hydrogens is 242 g/mol. The van der Waals surface area contributed by atoms with Gasteiger partial charge in [0.05, 0.1) is 5.69 Å². The Morgan fingerprint density at radius 2 is 2.26 bits per heavy atom. The van der Waals surface area contributed by atoms with E-state index in [-0.39, 0.29) is 5.91 Å². The maximum atomic E-state index is 12.3. The summed E-state index contributed by atoms with van der Waals surface area (Å²) in [5.41, 5.74) is 8.90. The second kappa shape index (κ2) is 4.15. The summed E-state index contributed by atoms with van der Waals surface area (Å²) in [6.45, 7) is 3.84. The third-order valence-electron chi connectivity index (χ3n) is 3.53. The average Bonchev–Trinajstić information content (AvgIpc) is 3.09. The van der Waals surface area contributed by atoms with Gasteiger partial charge in [-0.2, -0.15) is 5.10 Å². The minimum Gasteiger partial charge on any atom is -0.397 e. The van der Waals surface area contributed by atoms with E-state index in [4.69, 9.17) is 5.73 Å². The van der Waals surface area contributed by atoms with Crippen LogP contribution in [0.1, 0.15) is 40.6 Å². The molecule has 2 aromatic heterocycles. The zero-order chi connectivity index (χ0) is 13.6. The Balaban J connectivity index is 1.86. The van der Waals surface area contributed by atoms with Gasteiger partial charge in [0.1, 0.15) is 5.69 Å². The molecule has 0 bridgehead atoms. The summed E-state index contributed by atoms with van der Waals surface area (Å²) in [5, 5.41) is 9.76. The van der Waals surface area contributed by atoms with Gasteiger partial charge in [0.15, 0.2) is 5.82 Å². The molecule has 1 aliphatic carbocycles. The van der Waals surface area contributed by atoms with Gasteiger partial charge in [-0.05, 0) is 32.8 Å². The molecule has 4 N–H and O–H groups in total. The Labute approximate surface area is 111 Å². The van der Waals surface area contributed by atoms with Crippen molar-refractivity contribution in [3.63, 3.8) is 0 Å². The number of H-pyrrole nitrogens is 1. The van der Waals surface area contributed by atoms with Crippen molar-refractivity contribution in [1.82, 2.24) is 14.8 Å². The Morgan fingerprint density at radius 1 is 1.53 bits per heavy atom. The van der Waals surface area contributed by atoms with E-state index in [0.717, 1.165) is 24.1 Å². The molecule has 0 atom stereocenters. The van der Waals surface area contributed by atoms with Crippen LogP contribution >= 0.6 is 0 Å². The maximum Gasteiger partial charge on any atom is 0.273 e. The monoisotopic (exact) mass is 259 g/mol. The molecule has 6 nitrogen and oxygen atoms in total. The number of nitrogens with two attached hydrogens (primary N) is 1. The van der Waals surface area contributed by atoms with Crippen LogP contribution in [0, 0.1) is 13.8 Å². The highest BCUT2D eigenvalue weighted by atomic mass is 16.2. The number of nitrogen functional groups attached to an aromatic ring is 1. The molecule has 0 aromatic carbocycles. The second-order valence-corrected chi connectivity index (χ2v) is 5.07. The van der Waals surface area contributed by atoms with Gasteiger partial charge in [-0.25, -0.2) is 0 Å². The normalized spacial score (nSPS) is 14.6. The number of rotatable bonds is 3. The average molecular weight is 259 g/mol. The van der Waals surface area contributed by atoms with Gasteiger partial charge in [0, 0.05) is 23.5 Å². The molecule has 0 unspecified atom stereocenters. The number of nitrogens with zero attached hydrogens (tertiary/aromatic N) is 2. The van der Waals surface area contributed by atoms with Gasteiger partial charge in [-0.3, -0.25) is 9.89 Å². The fraction of sp³-hybridized carbons (Fsp3) is 0.385. The van der Waals surface area contributed by atoms with E-state index in [1.54, 1.807) is 6.07 Å². The van der Waals surface area contributed by atoms with E-state index < -0.39 is 0 Å². The van der Waals surface area contributed by atoms with E-state index >= 15 is 0 Å². The first-order valence-corrected chi connectivity index (χ1v) is 6.36. The van der Waals surface area contributed by atoms with Crippen molar-refractivity contribution in [3.05, 3.63) is 29.2 Å². The predicted octanol–water partition coefficient (Wildman–Crippen LogP) is 2.00. The largest absolute Gasteiger partial charge is 0.397 e. The molecule has 2 heterocycles. The van der Waals surface area contributed by atoms with Crippen molar-refractivity contribution >= 4 is 17.4 Å². The van der Waals surface area contributed by atoms with Gasteiger partial charge >= 0.3 is 0 Å². The number of hydrogen-bond donors (Lipinski definition) is 3. The van der Waals surface area contributed by atoms with Crippen LogP contribution in [-0.2, 0) is 0 Å². The molecule has 100 valence electrons. The van der Waals surface area contributed by atoms with Crippen LogP contribution in [0.4, 0.5) is 11.5 Å². The summed E-state index contributed by atoms with van der Waals surface area (Å²) in [4.78, 5) is 12.3. The molecule has 6 heteroatoms. The van der Waals surface area contributed by atoms with E-state index in [1.165, 1.54) is 0 Å². The summed E-state index contributed by atoms with van der Waals surface area (Å²) in [6.07, 6.45) is 4.04. The van der Waals surface area contributed by atoms with Gasteiger partial charge in [0.25, 0.3) is 5.91 Å². The number of carbonyl (C=O) groups is 1. The number of aromatic amines is 1. The number of carbonyl (C=O) groups excluding carboxylic acids is 1. The molecule has 1 saturated carbocycles. The second-order valence-electron chi connectivity index (χ2n) is 5.07. The van der Waals surface area contributed by atoms with Crippen LogP contribution in [0.2, 0.25) is 0 Å². The van der Waals surface area contributed by atoms with Crippen molar-refractivity contribution in [2.45, 2.75) is 32.7 Å². The number of amides is 1. The molecule has 0 spiro atoms. The fourth-order valence-corrected chi connectivity index (χ4v) is 2.12. The predicted molar refractivity (Wildman–Crippen MR) is 73.1 cm³/mol. The molecule has 0 aliphatic heterocycles. The topological polar surface area (TPSA) is 88.7 Å². The summed E-state index contributed by atoms with van der Waals surface area (Å²) >= 11 is 0. The highest BCUT2D eigenvalue weighted by Gasteiger charge is 2.28. The SMILES string of the molecule is Cc1[nH]nc(NC(=O)c2cc(N)cn2C2CC2)c1C. The van der Waals surface area contributed by atoms with Crippen molar-refractivity contribution in [2.75, 3.05) is 11.1 Å². The minimum atomic E-state index is -0.168. The lowest BCUT2D eigenvalue weighted by atomic mass is 10.2. The smallest absolute Gasteiger partial charge is 0.273 e. The summed E-state index contributed by atoms with van der Waals surface area (Å²) in [6, 6.07) is 2.13. The number of nitrogens with one attached hydrogen (secondary N) is 2. The number of hydrogen-bond acceptors (Lipinski definition) is 3. The molecule has 0 radical (unpaired) electrons. The molecule has 2 aromatic rings. The summed E-state index contributed by atoms with van der Waals surface area (Å²) in [5.74, 6) is 0.405. The zero-order valence-corrected chi connectivity index (χ0v) is 11.0. The Kier molecular flexibility index (Phi) is 2.58. The van der Waals surface area contributed by atoms with E-state index in [0.29, 0.717) is 23.2 Å². The van der Waals surface area contributed by atoms with Crippen LogP contribution in [-0.4, -0.2) is 20.7 Å². The van der Waals surface area contributed by atoms with Gasteiger partial charge in [0.2, 0.25) is 0 Å². The van der Waals surface area contributed by atoms with E-state index in [1.807, 2.05) is 24.6 Å². The van der Waals surface area contributed by atoms with Crippen molar-refractivity contribution in [3.8, 4) is 0 Å². The standard InChI is InChI=1S/C13H17N5O/c1-7-8(2)16-17-12(7)15-13(19)11-5-9(14)6-18(11)10-3-4-10/h5-6,10H,3-4,14H2,1-2H3,(H2,15,16,17,19). The van der Waals surface area contributed by atoms with Crippen LogP contribution in [0.25, 0.3) is 0 Å². The molecule has 0 saturated heterocycles. The fourth-order valence-electron chi connectivity index (χ4n) is 2.12. The highest BCUT2D eigenvalue weighted by molar-refractivity contribution is 6.03. The number of aryl methyl sites for hydroxylation is 1. The first-order chi connectivity index (χ1) is 9.06. The van der Waals surface area contributed by atoms with Crippen molar-refractivity contribution < 1.29 is 4.79 Å². The van der Waals surface area contributed by atoms with Crippen LogP contribution in [0.15, 0.2) is 12.3 Å². The van der Waals surface area contributed by atoms with Gasteiger partial charge < -0.3 is 15.6 Å². The third-order valence-corrected chi connectivity index (χ3v) is 3.53. The summed E-state index contributed by atoms with van der Waals surface area (Å²) < 4.78 is 1.96. The molecule has 1 aliphatic rings. The summed E-state index contributed by atoms with van der Waals surface area (Å²) in [7, 11) is 0. The van der Waals surface area contributed by atoms with Crippen LogP contribution in [0.5, 0.6) is 0 Å². The Bertz CT molecular complexity index is 635. The van der Waals surface area contributed by atoms with E-state index in [2.05, 4.69) is 15.5 Å². The molecule has 1 amide bonds. The number of aromatic nitrogens is 3. The highest BCUT2D eigenvalue weighted by Crippen LogP contribution is 2.37. The Hall–Kier alpha value is -2.24. The molecule has 3 rings (SSSR count). The maximum absolute atomic E-state index is 12.3. The van der Waals surface area contributed by atoms with Crippen LogP contribution < -0.4 is 11.1 Å². The van der Waals surface area contributed by atoms with E-state index in [9.17, 15) is 4.79 Å². The number of anilines is 2. The molecule has 19 heavy (non-hydrogen) atoms. The van der Waals surface area contributed by atoms with Crippen LogP contribution in [0.3, 0.4) is 0 Å². The first kappa shape index (κ1) is 11.8. The lowest BCUT2D eigenvalue weighted by Gasteiger charge is -2.07. The van der Waals surface area contributed by atoms with Crippen molar-refractivity contribution in [2.24, 2.45) is 0 Å². The minimum absolute atomic E-state index is 0.168. The first-order valence-electron chi connectivity index (χ1n) is 6.36. The molecule has 1 fully saturated rings.